The van der Waals surface area contributed by atoms with Crippen molar-refractivity contribution in [2.24, 2.45) is 0 Å². The highest BCUT2D eigenvalue weighted by Gasteiger charge is 2.10. The zero-order valence-electron chi connectivity index (χ0n) is 9.54. The molecule has 0 amide bonds. The molecule has 0 aliphatic heterocycles. The molecule has 78 valence electrons. The Labute approximate surface area is 86.9 Å². The minimum Gasteiger partial charge on any atom is -0.388 e. The van der Waals surface area contributed by atoms with Crippen molar-refractivity contribution in [3.05, 3.63) is 29.8 Å². The van der Waals surface area contributed by atoms with Gasteiger partial charge in [0.1, 0.15) is 0 Å². The molecule has 1 aromatic carbocycles. The van der Waals surface area contributed by atoms with E-state index in [0.717, 1.165) is 6.42 Å². The Morgan fingerprint density at radius 3 is 2.14 bits per heavy atom. The van der Waals surface area contributed by atoms with E-state index >= 15 is 0 Å². The van der Waals surface area contributed by atoms with Gasteiger partial charge >= 0.3 is 0 Å². The second kappa shape index (κ2) is 5.01. The van der Waals surface area contributed by atoms with Crippen molar-refractivity contribution in [1.29, 1.82) is 0 Å². The normalized spacial score (nSPS) is 12.9. The summed E-state index contributed by atoms with van der Waals surface area (Å²) in [5, 5.41) is 3.13. The molecule has 2 heteroatoms. The van der Waals surface area contributed by atoms with Crippen molar-refractivity contribution in [3.8, 4) is 0 Å². The number of benzene rings is 1. The van der Waals surface area contributed by atoms with Gasteiger partial charge < -0.3 is 10.2 Å². The highest BCUT2D eigenvalue weighted by Crippen LogP contribution is 2.22. The third kappa shape index (κ3) is 2.48. The number of hydrogen-bond acceptors (Lipinski definition) is 2. The number of nitrogens with zero attached hydrogens (tertiary/aromatic N) is 1. The van der Waals surface area contributed by atoms with Gasteiger partial charge in [-0.25, -0.2) is 0 Å². The van der Waals surface area contributed by atoms with Crippen molar-refractivity contribution in [2.75, 3.05) is 26.5 Å². The molecule has 0 bridgehead atoms. The van der Waals surface area contributed by atoms with Crippen molar-refractivity contribution in [3.63, 3.8) is 0 Å². The molecule has 0 saturated carbocycles. The van der Waals surface area contributed by atoms with Crippen molar-refractivity contribution in [1.82, 2.24) is 4.90 Å². The minimum atomic E-state index is 0.529. The first-order chi connectivity index (χ1) is 6.69. The molecule has 1 unspecified atom stereocenters. The summed E-state index contributed by atoms with van der Waals surface area (Å²) in [5.41, 5.74) is 2.55. The lowest BCUT2D eigenvalue weighted by atomic mass is 10.0. The predicted octanol–water partition coefficient (Wildman–Crippen LogP) is 2.74. The summed E-state index contributed by atoms with van der Waals surface area (Å²) >= 11 is 0. The van der Waals surface area contributed by atoms with Crippen LogP contribution in [0.1, 0.15) is 24.9 Å². The maximum absolute atomic E-state index is 3.13. The molecule has 1 atom stereocenters. The maximum Gasteiger partial charge on any atom is 0.0339 e. The number of rotatable bonds is 4. The molecular weight excluding hydrogens is 172 g/mol. The SMILES string of the molecule is CCC(c1ccc(NC)cc1)N(C)C. The molecule has 1 N–H and O–H groups in total. The van der Waals surface area contributed by atoms with Gasteiger partial charge in [-0.15, -0.1) is 0 Å². The van der Waals surface area contributed by atoms with Crippen LogP contribution in [0.25, 0.3) is 0 Å². The molecule has 0 aliphatic carbocycles. The summed E-state index contributed by atoms with van der Waals surface area (Å²) < 4.78 is 0. The van der Waals surface area contributed by atoms with Crippen LogP contribution in [0.15, 0.2) is 24.3 Å². The zero-order chi connectivity index (χ0) is 10.6. The molecule has 0 aromatic heterocycles. The van der Waals surface area contributed by atoms with E-state index < -0.39 is 0 Å². The fourth-order valence-corrected chi connectivity index (χ4v) is 1.77. The first kappa shape index (κ1) is 11.1. The van der Waals surface area contributed by atoms with Crippen LogP contribution < -0.4 is 5.32 Å². The predicted molar refractivity (Wildman–Crippen MR) is 62.7 cm³/mol. The summed E-state index contributed by atoms with van der Waals surface area (Å²) in [4.78, 5) is 2.26. The van der Waals surface area contributed by atoms with E-state index in [2.05, 4.69) is 55.5 Å². The van der Waals surface area contributed by atoms with Gasteiger partial charge in [0, 0.05) is 18.8 Å². The van der Waals surface area contributed by atoms with Gasteiger partial charge in [-0.2, -0.15) is 0 Å². The van der Waals surface area contributed by atoms with Gasteiger partial charge in [0.25, 0.3) is 0 Å². The molecular formula is C12H20N2. The number of anilines is 1. The summed E-state index contributed by atoms with van der Waals surface area (Å²) in [6, 6.07) is 9.17. The van der Waals surface area contributed by atoms with Crippen molar-refractivity contribution >= 4 is 5.69 Å². The lowest BCUT2D eigenvalue weighted by Gasteiger charge is -2.23. The van der Waals surface area contributed by atoms with Gasteiger partial charge in [0.2, 0.25) is 0 Å². The average molecular weight is 192 g/mol. The monoisotopic (exact) mass is 192 g/mol. The average Bonchev–Trinajstić information content (AvgIpc) is 2.19. The summed E-state index contributed by atoms with van der Waals surface area (Å²) in [6.07, 6.45) is 1.14. The van der Waals surface area contributed by atoms with Crippen molar-refractivity contribution < 1.29 is 0 Å². The Hall–Kier alpha value is -1.02. The lowest BCUT2D eigenvalue weighted by Crippen LogP contribution is -2.18. The summed E-state index contributed by atoms with van der Waals surface area (Å²) in [5.74, 6) is 0. The molecule has 1 aromatic rings. The molecule has 1 rings (SSSR count). The maximum atomic E-state index is 3.13. The van der Waals surface area contributed by atoms with Gasteiger partial charge in [0.15, 0.2) is 0 Å². The molecule has 14 heavy (non-hydrogen) atoms. The van der Waals surface area contributed by atoms with E-state index in [1.807, 2.05) is 7.05 Å². The van der Waals surface area contributed by atoms with Crippen LogP contribution in [-0.2, 0) is 0 Å². The van der Waals surface area contributed by atoms with E-state index in [1.54, 1.807) is 0 Å². The second-order valence-corrected chi connectivity index (χ2v) is 3.76. The zero-order valence-corrected chi connectivity index (χ0v) is 9.54. The van der Waals surface area contributed by atoms with E-state index in [-0.39, 0.29) is 0 Å². The van der Waals surface area contributed by atoms with Crippen LogP contribution >= 0.6 is 0 Å². The Kier molecular flexibility index (Phi) is 3.96. The van der Waals surface area contributed by atoms with E-state index in [4.69, 9.17) is 0 Å². The Bertz CT molecular complexity index is 264. The third-order valence-corrected chi connectivity index (χ3v) is 2.59. The van der Waals surface area contributed by atoms with Gasteiger partial charge in [0.05, 0.1) is 0 Å². The van der Waals surface area contributed by atoms with Gasteiger partial charge in [-0.05, 0) is 38.2 Å². The quantitative estimate of drug-likeness (QED) is 0.789. The number of nitrogens with one attached hydrogen (secondary N) is 1. The smallest absolute Gasteiger partial charge is 0.0339 e. The molecule has 0 radical (unpaired) electrons. The van der Waals surface area contributed by atoms with E-state index in [1.165, 1.54) is 11.3 Å². The van der Waals surface area contributed by atoms with Crippen LogP contribution in [0.5, 0.6) is 0 Å². The Morgan fingerprint density at radius 1 is 1.21 bits per heavy atom. The summed E-state index contributed by atoms with van der Waals surface area (Å²) in [6.45, 7) is 2.22. The van der Waals surface area contributed by atoms with Crippen LogP contribution in [-0.4, -0.2) is 26.0 Å². The van der Waals surface area contributed by atoms with Crippen LogP contribution in [0.2, 0.25) is 0 Å². The highest BCUT2D eigenvalue weighted by molar-refractivity contribution is 5.44. The topological polar surface area (TPSA) is 15.3 Å². The van der Waals surface area contributed by atoms with E-state index in [0.29, 0.717) is 6.04 Å². The van der Waals surface area contributed by atoms with E-state index in [9.17, 15) is 0 Å². The second-order valence-electron chi connectivity index (χ2n) is 3.76. The van der Waals surface area contributed by atoms with Crippen molar-refractivity contribution in [2.45, 2.75) is 19.4 Å². The molecule has 0 saturated heterocycles. The molecule has 0 heterocycles. The Morgan fingerprint density at radius 2 is 1.79 bits per heavy atom. The van der Waals surface area contributed by atoms with Crippen LogP contribution in [0.4, 0.5) is 5.69 Å². The molecule has 0 aliphatic rings. The van der Waals surface area contributed by atoms with Crippen LogP contribution in [0, 0.1) is 0 Å². The standard InChI is InChI=1S/C12H20N2/c1-5-12(14(3)4)10-6-8-11(13-2)9-7-10/h6-9,12-13H,5H2,1-4H3. The first-order valence-corrected chi connectivity index (χ1v) is 5.13. The Balaban J connectivity index is 2.84. The fourth-order valence-electron chi connectivity index (χ4n) is 1.77. The molecule has 0 spiro atoms. The third-order valence-electron chi connectivity index (χ3n) is 2.59. The summed E-state index contributed by atoms with van der Waals surface area (Å²) in [7, 11) is 6.19. The number of hydrogen-bond donors (Lipinski definition) is 1. The highest BCUT2D eigenvalue weighted by atomic mass is 15.1. The fraction of sp³-hybridized carbons (Fsp3) is 0.500. The minimum absolute atomic E-state index is 0.529. The molecule has 0 fully saturated rings. The lowest BCUT2D eigenvalue weighted by molar-refractivity contribution is 0.292. The van der Waals surface area contributed by atoms with Crippen LogP contribution in [0.3, 0.4) is 0 Å². The first-order valence-electron chi connectivity index (χ1n) is 5.13. The largest absolute Gasteiger partial charge is 0.388 e. The van der Waals surface area contributed by atoms with Gasteiger partial charge in [-0.1, -0.05) is 19.1 Å². The molecule has 2 nitrogen and oxygen atoms in total. The van der Waals surface area contributed by atoms with Gasteiger partial charge in [-0.3, -0.25) is 0 Å².